The van der Waals surface area contributed by atoms with Crippen LogP contribution in [0.1, 0.15) is 57.2 Å². The summed E-state index contributed by atoms with van der Waals surface area (Å²) in [5.74, 6) is 1.18. The van der Waals surface area contributed by atoms with Gasteiger partial charge in [-0.1, -0.05) is 58.9 Å². The Morgan fingerprint density at radius 2 is 1.76 bits per heavy atom. The second kappa shape index (κ2) is 8.11. The van der Waals surface area contributed by atoms with Gasteiger partial charge in [-0.05, 0) is 41.9 Å². The van der Waals surface area contributed by atoms with E-state index in [0.717, 1.165) is 5.92 Å². The standard InChI is InChI=1S/C15H22.C2H6/c1-6-12(4)14-8-7-13(5)15(10-14)9-11(2)3;1-2/h6-8,10-12H,1,9H2,2-5H3;1-2H3. The highest BCUT2D eigenvalue weighted by Crippen LogP contribution is 2.21. The van der Waals surface area contributed by atoms with Gasteiger partial charge in [0.15, 0.2) is 0 Å². The maximum absolute atomic E-state index is 3.85. The Hall–Kier alpha value is -1.04. The molecule has 0 aliphatic carbocycles. The summed E-state index contributed by atoms with van der Waals surface area (Å²) >= 11 is 0. The maximum atomic E-state index is 3.85. The summed E-state index contributed by atoms with van der Waals surface area (Å²) in [6, 6.07) is 6.78. The van der Waals surface area contributed by atoms with Crippen molar-refractivity contribution in [2.75, 3.05) is 0 Å². The smallest absolute Gasteiger partial charge is 0.00130 e. The average molecular weight is 232 g/mol. The quantitative estimate of drug-likeness (QED) is 0.600. The van der Waals surface area contributed by atoms with Crippen molar-refractivity contribution in [3.63, 3.8) is 0 Å². The van der Waals surface area contributed by atoms with Crippen LogP contribution in [0, 0.1) is 12.8 Å². The molecule has 0 aliphatic rings. The topological polar surface area (TPSA) is 0 Å². The van der Waals surface area contributed by atoms with E-state index in [1.165, 1.54) is 23.1 Å². The largest absolute Gasteiger partial charge is 0.102 e. The van der Waals surface area contributed by atoms with Crippen LogP contribution in [0.2, 0.25) is 0 Å². The molecule has 0 heteroatoms. The molecule has 0 bridgehead atoms. The van der Waals surface area contributed by atoms with E-state index < -0.39 is 0 Å². The van der Waals surface area contributed by atoms with Crippen molar-refractivity contribution < 1.29 is 0 Å². The molecule has 1 atom stereocenters. The van der Waals surface area contributed by atoms with Gasteiger partial charge in [0, 0.05) is 0 Å². The van der Waals surface area contributed by atoms with Gasteiger partial charge in [0.25, 0.3) is 0 Å². The summed E-state index contributed by atoms with van der Waals surface area (Å²) in [6.07, 6.45) is 3.17. The van der Waals surface area contributed by atoms with E-state index >= 15 is 0 Å². The van der Waals surface area contributed by atoms with Crippen molar-refractivity contribution in [1.82, 2.24) is 0 Å². The van der Waals surface area contributed by atoms with Crippen molar-refractivity contribution in [2.24, 2.45) is 5.92 Å². The first kappa shape index (κ1) is 16.0. The van der Waals surface area contributed by atoms with Crippen LogP contribution < -0.4 is 0 Å². The van der Waals surface area contributed by atoms with Crippen molar-refractivity contribution in [3.05, 3.63) is 47.5 Å². The molecular weight excluding hydrogens is 204 g/mol. The highest BCUT2D eigenvalue weighted by molar-refractivity contribution is 5.34. The molecule has 1 aromatic carbocycles. The number of benzene rings is 1. The lowest BCUT2D eigenvalue weighted by Gasteiger charge is -2.13. The molecule has 0 amide bonds. The molecule has 0 saturated carbocycles. The van der Waals surface area contributed by atoms with E-state index in [4.69, 9.17) is 0 Å². The van der Waals surface area contributed by atoms with Crippen LogP contribution in [0.4, 0.5) is 0 Å². The van der Waals surface area contributed by atoms with Gasteiger partial charge < -0.3 is 0 Å². The molecule has 96 valence electrons. The highest BCUT2D eigenvalue weighted by atomic mass is 14.1. The lowest BCUT2D eigenvalue weighted by atomic mass is 9.92. The predicted octanol–water partition coefficient (Wildman–Crippen LogP) is 5.51. The zero-order valence-electron chi connectivity index (χ0n) is 12.4. The highest BCUT2D eigenvalue weighted by Gasteiger charge is 2.06. The number of rotatable bonds is 4. The molecular formula is C17H28. The molecule has 0 fully saturated rings. The average Bonchev–Trinajstić information content (AvgIpc) is 2.33. The van der Waals surface area contributed by atoms with Gasteiger partial charge in [-0.3, -0.25) is 0 Å². The van der Waals surface area contributed by atoms with Gasteiger partial charge >= 0.3 is 0 Å². The van der Waals surface area contributed by atoms with Gasteiger partial charge in [0.1, 0.15) is 0 Å². The number of allylic oxidation sites excluding steroid dienone is 1. The minimum Gasteiger partial charge on any atom is -0.102 e. The van der Waals surface area contributed by atoms with Crippen LogP contribution in [0.3, 0.4) is 0 Å². The van der Waals surface area contributed by atoms with Crippen molar-refractivity contribution in [1.29, 1.82) is 0 Å². The van der Waals surface area contributed by atoms with Crippen LogP contribution in [0.5, 0.6) is 0 Å². The summed E-state index contributed by atoms with van der Waals surface area (Å²) in [5.41, 5.74) is 4.27. The third-order valence-electron chi connectivity index (χ3n) is 2.88. The Labute approximate surface area is 108 Å². The molecule has 17 heavy (non-hydrogen) atoms. The van der Waals surface area contributed by atoms with E-state index in [1.807, 2.05) is 19.9 Å². The predicted molar refractivity (Wildman–Crippen MR) is 79.7 cm³/mol. The summed E-state index contributed by atoms with van der Waals surface area (Å²) in [7, 11) is 0. The summed E-state index contributed by atoms with van der Waals surface area (Å²) < 4.78 is 0. The number of hydrogen-bond acceptors (Lipinski definition) is 0. The van der Waals surface area contributed by atoms with Gasteiger partial charge in [-0.25, -0.2) is 0 Å². The second-order valence-electron chi connectivity index (χ2n) is 4.81. The van der Waals surface area contributed by atoms with E-state index in [1.54, 1.807) is 0 Å². The first-order valence-corrected chi connectivity index (χ1v) is 6.76. The van der Waals surface area contributed by atoms with Gasteiger partial charge in [0.05, 0.1) is 0 Å². The van der Waals surface area contributed by atoms with Crippen molar-refractivity contribution in [2.45, 2.75) is 53.9 Å². The maximum Gasteiger partial charge on any atom is -0.00130 e. The Bertz CT molecular complexity index is 334. The third kappa shape index (κ3) is 5.21. The van der Waals surface area contributed by atoms with Crippen LogP contribution in [0.25, 0.3) is 0 Å². The molecule has 0 spiro atoms. The van der Waals surface area contributed by atoms with Crippen molar-refractivity contribution >= 4 is 0 Å². The number of aryl methyl sites for hydroxylation is 1. The lowest BCUT2D eigenvalue weighted by Crippen LogP contribution is -1.99. The molecule has 0 N–H and O–H groups in total. The van der Waals surface area contributed by atoms with Crippen LogP contribution in [0.15, 0.2) is 30.9 Å². The van der Waals surface area contributed by atoms with E-state index in [9.17, 15) is 0 Å². The monoisotopic (exact) mass is 232 g/mol. The van der Waals surface area contributed by atoms with E-state index in [0.29, 0.717) is 5.92 Å². The SMILES string of the molecule is C=CC(C)c1ccc(C)c(CC(C)C)c1.CC. The molecule has 0 saturated heterocycles. The molecule has 0 heterocycles. The fourth-order valence-corrected chi connectivity index (χ4v) is 1.77. The second-order valence-corrected chi connectivity index (χ2v) is 4.81. The minimum atomic E-state index is 0.455. The Morgan fingerprint density at radius 3 is 2.24 bits per heavy atom. The molecule has 1 unspecified atom stereocenters. The fourth-order valence-electron chi connectivity index (χ4n) is 1.77. The van der Waals surface area contributed by atoms with Gasteiger partial charge in [0.2, 0.25) is 0 Å². The lowest BCUT2D eigenvalue weighted by molar-refractivity contribution is 0.644. The summed E-state index contributed by atoms with van der Waals surface area (Å²) in [5, 5.41) is 0. The summed E-state index contributed by atoms with van der Waals surface area (Å²) in [4.78, 5) is 0. The zero-order valence-corrected chi connectivity index (χ0v) is 12.4. The zero-order chi connectivity index (χ0) is 13.4. The Kier molecular flexibility index (Phi) is 7.61. The molecule has 0 aromatic heterocycles. The fraction of sp³-hybridized carbons (Fsp3) is 0.529. The van der Waals surface area contributed by atoms with Crippen LogP contribution >= 0.6 is 0 Å². The molecule has 0 aliphatic heterocycles. The van der Waals surface area contributed by atoms with Gasteiger partial charge in [-0.2, -0.15) is 0 Å². The van der Waals surface area contributed by atoms with E-state index in [2.05, 4.69) is 52.5 Å². The molecule has 0 radical (unpaired) electrons. The molecule has 0 nitrogen and oxygen atoms in total. The van der Waals surface area contributed by atoms with E-state index in [-0.39, 0.29) is 0 Å². The Balaban J connectivity index is 0.00000121. The third-order valence-corrected chi connectivity index (χ3v) is 2.88. The van der Waals surface area contributed by atoms with Gasteiger partial charge in [-0.15, -0.1) is 6.58 Å². The van der Waals surface area contributed by atoms with Crippen molar-refractivity contribution in [3.8, 4) is 0 Å². The normalized spacial score (nSPS) is 11.7. The first-order chi connectivity index (χ1) is 8.04. The van der Waals surface area contributed by atoms with Crippen LogP contribution in [-0.2, 0) is 6.42 Å². The Morgan fingerprint density at radius 1 is 1.18 bits per heavy atom. The summed E-state index contributed by atoms with van der Waals surface area (Å²) in [6.45, 7) is 16.8. The minimum absolute atomic E-state index is 0.455. The first-order valence-electron chi connectivity index (χ1n) is 6.76. The molecule has 1 aromatic rings. The molecule has 1 rings (SSSR count). The van der Waals surface area contributed by atoms with Crippen LogP contribution in [-0.4, -0.2) is 0 Å². The number of hydrogen-bond donors (Lipinski definition) is 0.